The van der Waals surface area contributed by atoms with Crippen molar-refractivity contribution in [2.24, 2.45) is 0 Å². The molecule has 1 N–H and O–H groups in total. The van der Waals surface area contributed by atoms with Crippen molar-refractivity contribution < 1.29 is 9.47 Å². The topological polar surface area (TPSA) is 43.4 Å². The van der Waals surface area contributed by atoms with Gasteiger partial charge in [-0.05, 0) is 38.8 Å². The molecule has 2 rings (SSSR count). The lowest BCUT2D eigenvalue weighted by molar-refractivity contribution is 0.0552. The van der Waals surface area contributed by atoms with Crippen LogP contribution in [0.25, 0.3) is 0 Å². The Morgan fingerprint density at radius 2 is 2.17 bits per heavy atom. The zero-order valence-electron chi connectivity index (χ0n) is 11.2. The van der Waals surface area contributed by atoms with Crippen LogP contribution in [0.3, 0.4) is 0 Å². The maximum atomic E-state index is 5.54. The minimum atomic E-state index is 0.252. The smallest absolute Gasteiger partial charge is 0.137 e. The monoisotopic (exact) mass is 250 g/mol. The van der Waals surface area contributed by atoms with Gasteiger partial charge < -0.3 is 14.8 Å². The average Bonchev–Trinajstić information content (AvgIpc) is 3.17. The highest BCUT2D eigenvalue weighted by atomic mass is 16.5. The van der Waals surface area contributed by atoms with Crippen molar-refractivity contribution in [3.8, 4) is 5.75 Å². The van der Waals surface area contributed by atoms with Gasteiger partial charge in [-0.3, -0.25) is 4.98 Å². The Morgan fingerprint density at radius 3 is 2.78 bits per heavy atom. The molecule has 0 aliphatic heterocycles. The van der Waals surface area contributed by atoms with Crippen molar-refractivity contribution in [2.45, 2.75) is 45.4 Å². The summed E-state index contributed by atoms with van der Waals surface area (Å²) in [6, 6.07) is 4.69. The first-order valence-corrected chi connectivity index (χ1v) is 6.67. The predicted molar refractivity (Wildman–Crippen MR) is 70.7 cm³/mol. The SMILES string of the molecule is CC(C)OCCOc1ccc(CNC2CC2)nc1. The largest absolute Gasteiger partial charge is 0.490 e. The molecule has 1 fully saturated rings. The molecule has 18 heavy (non-hydrogen) atoms. The van der Waals surface area contributed by atoms with E-state index in [2.05, 4.69) is 10.3 Å². The predicted octanol–water partition coefficient (Wildman–Crippen LogP) is 2.14. The molecule has 1 aromatic heterocycles. The first-order valence-electron chi connectivity index (χ1n) is 6.67. The molecule has 0 aromatic carbocycles. The second-order valence-corrected chi connectivity index (χ2v) is 4.91. The molecule has 0 spiro atoms. The van der Waals surface area contributed by atoms with Crippen molar-refractivity contribution in [3.63, 3.8) is 0 Å². The minimum Gasteiger partial charge on any atom is -0.490 e. The summed E-state index contributed by atoms with van der Waals surface area (Å²) in [5, 5.41) is 3.43. The molecule has 1 heterocycles. The highest BCUT2D eigenvalue weighted by Crippen LogP contribution is 2.19. The summed E-state index contributed by atoms with van der Waals surface area (Å²) in [5.74, 6) is 0.803. The number of pyridine rings is 1. The van der Waals surface area contributed by atoms with E-state index in [0.717, 1.165) is 24.0 Å². The van der Waals surface area contributed by atoms with E-state index in [-0.39, 0.29) is 6.10 Å². The molecule has 0 saturated heterocycles. The van der Waals surface area contributed by atoms with Crippen LogP contribution >= 0.6 is 0 Å². The van der Waals surface area contributed by atoms with Crippen LogP contribution in [0, 0.1) is 0 Å². The molecule has 1 aliphatic rings. The van der Waals surface area contributed by atoms with Crippen molar-refractivity contribution in [2.75, 3.05) is 13.2 Å². The zero-order chi connectivity index (χ0) is 12.8. The molecule has 1 aliphatic carbocycles. The third kappa shape index (κ3) is 5.02. The molecular formula is C14H22N2O2. The fourth-order valence-electron chi connectivity index (χ4n) is 1.58. The van der Waals surface area contributed by atoms with Crippen LogP contribution in [0.2, 0.25) is 0 Å². The number of nitrogens with zero attached hydrogens (tertiary/aromatic N) is 1. The summed E-state index contributed by atoms with van der Waals surface area (Å²) in [6.45, 7) is 6.07. The Hall–Kier alpha value is -1.13. The summed E-state index contributed by atoms with van der Waals surface area (Å²) in [7, 11) is 0. The summed E-state index contributed by atoms with van der Waals surface area (Å²) in [5.41, 5.74) is 1.06. The Balaban J connectivity index is 1.66. The van der Waals surface area contributed by atoms with E-state index in [0.29, 0.717) is 13.2 Å². The van der Waals surface area contributed by atoms with Crippen molar-refractivity contribution in [3.05, 3.63) is 24.0 Å². The third-order valence-corrected chi connectivity index (χ3v) is 2.75. The van der Waals surface area contributed by atoms with Crippen LogP contribution in [-0.2, 0) is 11.3 Å². The zero-order valence-corrected chi connectivity index (χ0v) is 11.2. The van der Waals surface area contributed by atoms with Gasteiger partial charge in [0.1, 0.15) is 12.4 Å². The van der Waals surface area contributed by atoms with E-state index in [9.17, 15) is 0 Å². The fraction of sp³-hybridized carbons (Fsp3) is 0.643. The fourth-order valence-corrected chi connectivity index (χ4v) is 1.58. The van der Waals surface area contributed by atoms with Gasteiger partial charge in [0, 0.05) is 12.6 Å². The first-order chi connectivity index (χ1) is 8.74. The van der Waals surface area contributed by atoms with E-state index in [4.69, 9.17) is 9.47 Å². The Kier molecular flexibility index (Phi) is 4.96. The molecule has 0 bridgehead atoms. The molecule has 100 valence electrons. The van der Waals surface area contributed by atoms with Gasteiger partial charge in [-0.2, -0.15) is 0 Å². The average molecular weight is 250 g/mol. The van der Waals surface area contributed by atoms with Gasteiger partial charge in [-0.15, -0.1) is 0 Å². The number of hydrogen-bond acceptors (Lipinski definition) is 4. The minimum absolute atomic E-state index is 0.252. The third-order valence-electron chi connectivity index (χ3n) is 2.75. The maximum absolute atomic E-state index is 5.54. The Morgan fingerprint density at radius 1 is 1.33 bits per heavy atom. The molecule has 0 radical (unpaired) electrons. The van der Waals surface area contributed by atoms with E-state index in [1.165, 1.54) is 12.8 Å². The van der Waals surface area contributed by atoms with E-state index in [1.54, 1.807) is 6.20 Å². The van der Waals surface area contributed by atoms with E-state index < -0.39 is 0 Å². The highest BCUT2D eigenvalue weighted by molar-refractivity contribution is 5.19. The second kappa shape index (κ2) is 6.71. The summed E-state index contributed by atoms with van der Waals surface area (Å²) in [6.07, 6.45) is 4.63. The maximum Gasteiger partial charge on any atom is 0.137 e. The molecule has 1 aromatic rings. The van der Waals surface area contributed by atoms with Crippen LogP contribution < -0.4 is 10.1 Å². The summed E-state index contributed by atoms with van der Waals surface area (Å²) >= 11 is 0. The van der Waals surface area contributed by atoms with E-state index >= 15 is 0 Å². The number of rotatable bonds is 8. The molecule has 0 atom stereocenters. The van der Waals surface area contributed by atoms with Gasteiger partial charge in [0.25, 0.3) is 0 Å². The summed E-state index contributed by atoms with van der Waals surface area (Å²) < 4.78 is 10.9. The normalized spacial score (nSPS) is 15.1. The van der Waals surface area contributed by atoms with Gasteiger partial charge in [0.2, 0.25) is 0 Å². The van der Waals surface area contributed by atoms with Crippen LogP contribution in [-0.4, -0.2) is 30.3 Å². The molecule has 1 saturated carbocycles. The Labute approximate surface area is 109 Å². The number of ether oxygens (including phenoxy) is 2. The van der Waals surface area contributed by atoms with Crippen LogP contribution in [0.15, 0.2) is 18.3 Å². The lowest BCUT2D eigenvalue weighted by Crippen LogP contribution is -2.16. The Bertz CT molecular complexity index is 347. The first kappa shape index (κ1) is 13.3. The van der Waals surface area contributed by atoms with Gasteiger partial charge in [-0.25, -0.2) is 0 Å². The van der Waals surface area contributed by atoms with Crippen LogP contribution in [0.5, 0.6) is 5.75 Å². The lowest BCUT2D eigenvalue weighted by Gasteiger charge is -2.09. The van der Waals surface area contributed by atoms with Gasteiger partial charge in [0.15, 0.2) is 0 Å². The second-order valence-electron chi connectivity index (χ2n) is 4.91. The molecule has 4 nitrogen and oxygen atoms in total. The highest BCUT2D eigenvalue weighted by Gasteiger charge is 2.19. The number of nitrogens with one attached hydrogen (secondary N) is 1. The van der Waals surface area contributed by atoms with Gasteiger partial charge in [0.05, 0.1) is 24.6 Å². The van der Waals surface area contributed by atoms with Gasteiger partial charge >= 0.3 is 0 Å². The molecular weight excluding hydrogens is 228 g/mol. The van der Waals surface area contributed by atoms with Crippen molar-refractivity contribution >= 4 is 0 Å². The van der Waals surface area contributed by atoms with E-state index in [1.807, 2.05) is 26.0 Å². The molecule has 0 unspecified atom stereocenters. The number of hydrogen-bond donors (Lipinski definition) is 1. The molecule has 0 amide bonds. The van der Waals surface area contributed by atoms with Crippen molar-refractivity contribution in [1.82, 2.24) is 10.3 Å². The molecule has 4 heteroatoms. The van der Waals surface area contributed by atoms with Crippen LogP contribution in [0.1, 0.15) is 32.4 Å². The quantitative estimate of drug-likeness (QED) is 0.718. The lowest BCUT2D eigenvalue weighted by atomic mass is 10.3. The van der Waals surface area contributed by atoms with Crippen LogP contribution in [0.4, 0.5) is 0 Å². The summed E-state index contributed by atoms with van der Waals surface area (Å²) in [4.78, 5) is 4.36. The standard InChI is InChI=1S/C14H22N2O2/c1-11(2)17-7-8-18-14-6-5-13(16-10-14)9-15-12-3-4-12/h5-6,10-12,15H,3-4,7-9H2,1-2H3. The van der Waals surface area contributed by atoms with Crippen molar-refractivity contribution in [1.29, 1.82) is 0 Å². The van der Waals surface area contributed by atoms with Gasteiger partial charge in [-0.1, -0.05) is 0 Å². The number of aromatic nitrogens is 1.